The highest BCUT2D eigenvalue weighted by molar-refractivity contribution is 5.86. The third-order valence-corrected chi connectivity index (χ3v) is 2.58. The zero-order chi connectivity index (χ0) is 12.7. The Balaban J connectivity index is 2.32. The first-order valence-electron chi connectivity index (χ1n) is 6.06. The van der Waals surface area contributed by atoms with Crippen molar-refractivity contribution in [3.63, 3.8) is 0 Å². The third-order valence-electron chi connectivity index (χ3n) is 2.58. The number of nitrogens with zero attached hydrogens (tertiary/aromatic N) is 1. The maximum Gasteiger partial charge on any atom is 0.315 e. The van der Waals surface area contributed by atoms with Gasteiger partial charge in [0.05, 0.1) is 13.2 Å². The average Bonchev–Trinajstić information content (AvgIpc) is 2.36. The van der Waals surface area contributed by atoms with Crippen LogP contribution in [0, 0.1) is 0 Å². The molecule has 0 radical (unpaired) electrons. The van der Waals surface area contributed by atoms with E-state index < -0.39 is 6.04 Å². The van der Waals surface area contributed by atoms with Crippen LogP contribution in [0.3, 0.4) is 0 Å². The number of morpholine rings is 1. The highest BCUT2D eigenvalue weighted by Gasteiger charge is 2.23. The number of urea groups is 1. The topological polar surface area (TPSA) is 70.7 Å². The standard InChI is InChI=1S/C11H21N3O3/c1-3-4-12-11(16)13-9(2)10(15)14-5-7-17-8-6-14/h9H,3-8H2,1-2H3,(H2,12,13,16). The number of carbonyl (C=O) groups is 2. The molecular formula is C11H21N3O3. The first-order valence-corrected chi connectivity index (χ1v) is 6.06. The van der Waals surface area contributed by atoms with Crippen LogP contribution >= 0.6 is 0 Å². The van der Waals surface area contributed by atoms with Gasteiger partial charge in [0.1, 0.15) is 6.04 Å². The summed E-state index contributed by atoms with van der Waals surface area (Å²) in [7, 11) is 0. The lowest BCUT2D eigenvalue weighted by Crippen LogP contribution is -2.52. The van der Waals surface area contributed by atoms with Gasteiger partial charge in [-0.25, -0.2) is 4.79 Å². The molecule has 6 heteroatoms. The number of carbonyl (C=O) groups excluding carboxylic acids is 2. The molecule has 1 unspecified atom stereocenters. The normalized spacial score (nSPS) is 17.4. The zero-order valence-corrected chi connectivity index (χ0v) is 10.5. The molecule has 0 aromatic heterocycles. The van der Waals surface area contributed by atoms with E-state index in [0.29, 0.717) is 32.8 Å². The second-order valence-electron chi connectivity index (χ2n) is 4.06. The molecule has 0 spiro atoms. The van der Waals surface area contributed by atoms with Crippen LogP contribution in [0.4, 0.5) is 4.79 Å². The van der Waals surface area contributed by atoms with Crippen LogP contribution in [-0.2, 0) is 9.53 Å². The molecule has 3 amide bonds. The van der Waals surface area contributed by atoms with Crippen molar-refractivity contribution in [2.24, 2.45) is 0 Å². The van der Waals surface area contributed by atoms with Crippen molar-refractivity contribution in [2.45, 2.75) is 26.3 Å². The van der Waals surface area contributed by atoms with Crippen LogP contribution in [0.15, 0.2) is 0 Å². The molecule has 1 atom stereocenters. The van der Waals surface area contributed by atoms with Gasteiger partial charge in [0.25, 0.3) is 0 Å². The molecule has 98 valence electrons. The van der Waals surface area contributed by atoms with E-state index in [1.54, 1.807) is 11.8 Å². The number of hydrogen-bond acceptors (Lipinski definition) is 3. The summed E-state index contributed by atoms with van der Waals surface area (Å²) in [5.74, 6) is -0.0556. The van der Waals surface area contributed by atoms with Crippen molar-refractivity contribution in [1.82, 2.24) is 15.5 Å². The summed E-state index contributed by atoms with van der Waals surface area (Å²) in [6.45, 7) is 6.63. The van der Waals surface area contributed by atoms with Gasteiger partial charge >= 0.3 is 6.03 Å². The van der Waals surface area contributed by atoms with Crippen molar-refractivity contribution >= 4 is 11.9 Å². The summed E-state index contributed by atoms with van der Waals surface area (Å²) in [6.07, 6.45) is 0.874. The van der Waals surface area contributed by atoms with Gasteiger partial charge in [-0.2, -0.15) is 0 Å². The molecule has 6 nitrogen and oxygen atoms in total. The quantitative estimate of drug-likeness (QED) is 0.727. The fourth-order valence-corrected chi connectivity index (χ4v) is 1.61. The van der Waals surface area contributed by atoms with Gasteiger partial charge in [-0.05, 0) is 13.3 Å². The minimum atomic E-state index is -0.495. The van der Waals surface area contributed by atoms with Gasteiger partial charge in [0.2, 0.25) is 5.91 Å². The Morgan fingerprint density at radius 3 is 2.59 bits per heavy atom. The van der Waals surface area contributed by atoms with Crippen LogP contribution < -0.4 is 10.6 Å². The Morgan fingerprint density at radius 2 is 2.00 bits per heavy atom. The van der Waals surface area contributed by atoms with Gasteiger partial charge in [0.15, 0.2) is 0 Å². The second-order valence-corrected chi connectivity index (χ2v) is 4.06. The monoisotopic (exact) mass is 243 g/mol. The van der Waals surface area contributed by atoms with Crippen molar-refractivity contribution < 1.29 is 14.3 Å². The summed E-state index contributed by atoms with van der Waals surface area (Å²) in [5, 5.41) is 5.31. The Kier molecular flexibility index (Phi) is 5.76. The third kappa shape index (κ3) is 4.60. The SMILES string of the molecule is CCCNC(=O)NC(C)C(=O)N1CCOCC1. The lowest BCUT2D eigenvalue weighted by Gasteiger charge is -2.29. The van der Waals surface area contributed by atoms with Gasteiger partial charge in [0, 0.05) is 19.6 Å². The highest BCUT2D eigenvalue weighted by Crippen LogP contribution is 2.00. The molecule has 0 aliphatic carbocycles. The Labute approximate surface area is 102 Å². The minimum absolute atomic E-state index is 0.0556. The molecule has 1 rings (SSSR count). The number of rotatable bonds is 4. The summed E-state index contributed by atoms with van der Waals surface area (Å²) in [5.41, 5.74) is 0. The predicted octanol–water partition coefficient (Wildman–Crippen LogP) is -0.0571. The fraction of sp³-hybridized carbons (Fsp3) is 0.818. The molecule has 0 aromatic carbocycles. The largest absolute Gasteiger partial charge is 0.378 e. The van der Waals surface area contributed by atoms with E-state index in [1.165, 1.54) is 0 Å². The fourth-order valence-electron chi connectivity index (χ4n) is 1.61. The van der Waals surface area contributed by atoms with E-state index in [4.69, 9.17) is 4.74 Å². The average molecular weight is 243 g/mol. The van der Waals surface area contributed by atoms with Crippen molar-refractivity contribution in [3.8, 4) is 0 Å². The van der Waals surface area contributed by atoms with E-state index in [9.17, 15) is 9.59 Å². The van der Waals surface area contributed by atoms with Crippen molar-refractivity contribution in [1.29, 1.82) is 0 Å². The number of ether oxygens (including phenoxy) is 1. The molecule has 1 heterocycles. The summed E-state index contributed by atoms with van der Waals surface area (Å²) < 4.78 is 5.17. The van der Waals surface area contributed by atoms with E-state index in [1.807, 2.05) is 6.92 Å². The number of hydrogen-bond donors (Lipinski definition) is 2. The van der Waals surface area contributed by atoms with Gasteiger partial charge < -0.3 is 20.3 Å². The molecule has 0 bridgehead atoms. The second kappa shape index (κ2) is 7.11. The van der Waals surface area contributed by atoms with Crippen LogP contribution in [0.5, 0.6) is 0 Å². The van der Waals surface area contributed by atoms with E-state index in [-0.39, 0.29) is 11.9 Å². The number of nitrogens with one attached hydrogen (secondary N) is 2. The van der Waals surface area contributed by atoms with Crippen LogP contribution in [0.25, 0.3) is 0 Å². The molecule has 1 fully saturated rings. The Morgan fingerprint density at radius 1 is 1.35 bits per heavy atom. The zero-order valence-electron chi connectivity index (χ0n) is 10.5. The van der Waals surface area contributed by atoms with Crippen LogP contribution in [-0.4, -0.2) is 55.7 Å². The lowest BCUT2D eigenvalue weighted by molar-refractivity contribution is -0.136. The molecule has 0 aromatic rings. The maximum atomic E-state index is 11.9. The predicted molar refractivity (Wildman–Crippen MR) is 63.7 cm³/mol. The Hall–Kier alpha value is -1.30. The molecule has 1 aliphatic heterocycles. The summed E-state index contributed by atoms with van der Waals surface area (Å²) in [6, 6.07) is -0.786. The van der Waals surface area contributed by atoms with Crippen molar-refractivity contribution in [2.75, 3.05) is 32.8 Å². The lowest BCUT2D eigenvalue weighted by atomic mass is 10.2. The maximum absolute atomic E-state index is 11.9. The van der Waals surface area contributed by atoms with Crippen LogP contribution in [0.1, 0.15) is 20.3 Å². The molecule has 2 N–H and O–H groups in total. The minimum Gasteiger partial charge on any atom is -0.378 e. The van der Waals surface area contributed by atoms with E-state index >= 15 is 0 Å². The molecular weight excluding hydrogens is 222 g/mol. The summed E-state index contributed by atoms with van der Waals surface area (Å²) >= 11 is 0. The van der Waals surface area contributed by atoms with Gasteiger partial charge in [-0.15, -0.1) is 0 Å². The van der Waals surface area contributed by atoms with Gasteiger partial charge in [-0.3, -0.25) is 4.79 Å². The first kappa shape index (κ1) is 13.8. The molecule has 1 aliphatic rings. The smallest absolute Gasteiger partial charge is 0.315 e. The van der Waals surface area contributed by atoms with E-state index in [0.717, 1.165) is 6.42 Å². The van der Waals surface area contributed by atoms with Gasteiger partial charge in [-0.1, -0.05) is 6.92 Å². The van der Waals surface area contributed by atoms with E-state index in [2.05, 4.69) is 10.6 Å². The Bertz CT molecular complexity index is 265. The van der Waals surface area contributed by atoms with Crippen LogP contribution in [0.2, 0.25) is 0 Å². The first-order chi connectivity index (χ1) is 8.15. The molecule has 1 saturated heterocycles. The molecule has 17 heavy (non-hydrogen) atoms. The molecule has 0 saturated carbocycles. The summed E-state index contributed by atoms with van der Waals surface area (Å²) in [4.78, 5) is 25.0. The number of amides is 3. The van der Waals surface area contributed by atoms with Crippen molar-refractivity contribution in [3.05, 3.63) is 0 Å². The highest BCUT2D eigenvalue weighted by atomic mass is 16.5.